The fraction of sp³-hybridized carbons (Fsp3) is 0.308. The molecule has 1 saturated heterocycles. The van der Waals surface area contributed by atoms with Gasteiger partial charge in [0.05, 0.1) is 47.3 Å². The van der Waals surface area contributed by atoms with Crippen molar-refractivity contribution in [2.45, 2.75) is 44.8 Å². The van der Waals surface area contributed by atoms with Crippen molar-refractivity contribution in [2.24, 2.45) is 0 Å². The maximum atomic E-state index is 13.1. The minimum Gasteiger partial charge on any atom is -0.493 e. The molecular weight excluding hydrogens is 626 g/mol. The van der Waals surface area contributed by atoms with Gasteiger partial charge in [0.2, 0.25) is 5.75 Å². The lowest BCUT2D eigenvalue weighted by atomic mass is 9.99. The first-order valence-corrected chi connectivity index (χ1v) is 16.2. The summed E-state index contributed by atoms with van der Waals surface area (Å²) < 4.78 is 40.9. The van der Waals surface area contributed by atoms with Gasteiger partial charge in [-0.25, -0.2) is 0 Å². The lowest BCUT2D eigenvalue weighted by Crippen LogP contribution is -2.21. The molecule has 0 aliphatic carbocycles. The van der Waals surface area contributed by atoms with E-state index in [1.54, 1.807) is 58.8 Å². The number of carbonyl (C=O) groups excluding carboxylic acids is 1. The molecule has 10 nitrogen and oxygen atoms in total. The maximum Gasteiger partial charge on any atom is 0.281 e. The largest absolute Gasteiger partial charge is 0.493 e. The van der Waals surface area contributed by atoms with E-state index in [-0.39, 0.29) is 17.8 Å². The number of hydroxylamine groups is 2. The molecular formula is C39H43NO9. The Bertz CT molecular complexity index is 1720. The zero-order valence-corrected chi connectivity index (χ0v) is 28.5. The first kappa shape index (κ1) is 35.1. The highest BCUT2D eigenvalue weighted by Gasteiger charge is 2.31. The third-order valence-electron chi connectivity index (χ3n) is 8.13. The van der Waals surface area contributed by atoms with E-state index in [1.807, 2.05) is 61.5 Å². The van der Waals surface area contributed by atoms with Crippen LogP contribution in [0.4, 0.5) is 0 Å². The number of benzene rings is 4. The average Bonchev–Trinajstić information content (AvgIpc) is 3.64. The summed E-state index contributed by atoms with van der Waals surface area (Å²) in [5.74, 6) is 3.40. The van der Waals surface area contributed by atoms with Gasteiger partial charge in [-0.05, 0) is 91.4 Å². The summed E-state index contributed by atoms with van der Waals surface area (Å²) in [6.45, 7) is 2.53. The lowest BCUT2D eigenvalue weighted by Gasteiger charge is -2.20. The van der Waals surface area contributed by atoms with Crippen molar-refractivity contribution in [3.05, 3.63) is 113 Å². The van der Waals surface area contributed by atoms with E-state index in [4.69, 9.17) is 33.2 Å². The van der Waals surface area contributed by atoms with Crippen molar-refractivity contribution in [1.29, 1.82) is 0 Å². The molecule has 0 saturated carbocycles. The second kappa shape index (κ2) is 16.8. The number of methoxy groups -OCH3 is 4. The van der Waals surface area contributed by atoms with Crippen molar-refractivity contribution < 1.29 is 43.2 Å². The summed E-state index contributed by atoms with van der Waals surface area (Å²) >= 11 is 0. The average molecular weight is 670 g/mol. The zero-order valence-electron chi connectivity index (χ0n) is 28.5. The number of carbonyl (C=O) groups is 1. The Labute approximate surface area is 287 Å². The van der Waals surface area contributed by atoms with Gasteiger partial charge in [-0.1, -0.05) is 37.3 Å². The number of rotatable bonds is 15. The summed E-state index contributed by atoms with van der Waals surface area (Å²) in [5, 5.41) is 11.2. The van der Waals surface area contributed by atoms with Crippen molar-refractivity contribution in [3.8, 4) is 40.2 Å². The van der Waals surface area contributed by atoms with Gasteiger partial charge in [-0.15, -0.1) is 0 Å². The molecule has 5 rings (SSSR count). The molecule has 1 heterocycles. The van der Waals surface area contributed by atoms with Crippen LogP contribution in [0.5, 0.6) is 40.2 Å². The predicted molar refractivity (Wildman–Crippen MR) is 184 cm³/mol. The smallest absolute Gasteiger partial charge is 0.281 e. The van der Waals surface area contributed by atoms with Crippen molar-refractivity contribution >= 4 is 5.91 Å². The lowest BCUT2D eigenvalue weighted by molar-refractivity contribution is -0.0204. The predicted octanol–water partition coefficient (Wildman–Crippen LogP) is 8.48. The Morgan fingerprint density at radius 2 is 1.41 bits per heavy atom. The molecule has 0 radical (unpaired) electrons. The molecule has 4 aromatic rings. The summed E-state index contributed by atoms with van der Waals surface area (Å²) in [6.07, 6.45) is 5.38. The first-order chi connectivity index (χ1) is 23.9. The summed E-state index contributed by atoms with van der Waals surface area (Å²) in [6, 6.07) is 23.8. The van der Waals surface area contributed by atoms with Crippen molar-refractivity contribution in [2.75, 3.05) is 35.0 Å². The monoisotopic (exact) mass is 669 g/mol. The van der Waals surface area contributed by atoms with Gasteiger partial charge in [0.1, 0.15) is 11.5 Å². The molecule has 2 atom stereocenters. The van der Waals surface area contributed by atoms with Gasteiger partial charge >= 0.3 is 0 Å². The van der Waals surface area contributed by atoms with Crippen LogP contribution in [0, 0.1) is 0 Å². The highest BCUT2D eigenvalue weighted by molar-refractivity contribution is 5.94. The fourth-order valence-electron chi connectivity index (χ4n) is 5.75. The van der Waals surface area contributed by atoms with E-state index in [0.29, 0.717) is 58.3 Å². The molecule has 258 valence electrons. The van der Waals surface area contributed by atoms with Crippen molar-refractivity contribution in [3.63, 3.8) is 0 Å². The molecule has 10 heteroatoms. The normalized spacial score (nSPS) is 15.6. The molecule has 1 aliphatic heterocycles. The van der Waals surface area contributed by atoms with E-state index in [9.17, 15) is 10.0 Å². The highest BCUT2D eigenvalue weighted by atomic mass is 16.5. The summed E-state index contributed by atoms with van der Waals surface area (Å²) in [4.78, 5) is 13.1. The minimum absolute atomic E-state index is 0.186. The minimum atomic E-state index is -0.597. The van der Waals surface area contributed by atoms with E-state index in [0.717, 1.165) is 36.0 Å². The maximum absolute atomic E-state index is 13.1. The van der Waals surface area contributed by atoms with Crippen LogP contribution in [-0.4, -0.2) is 51.2 Å². The number of ether oxygens (including phenoxy) is 7. The summed E-state index contributed by atoms with van der Waals surface area (Å²) in [5.41, 5.74) is 2.97. The van der Waals surface area contributed by atoms with Crippen LogP contribution in [0.3, 0.4) is 0 Å². The number of amides is 1. The molecule has 2 unspecified atom stereocenters. The van der Waals surface area contributed by atoms with E-state index >= 15 is 0 Å². The zero-order chi connectivity index (χ0) is 34.8. The Morgan fingerprint density at radius 3 is 2.02 bits per heavy atom. The molecule has 49 heavy (non-hydrogen) atoms. The third-order valence-corrected chi connectivity index (χ3v) is 8.13. The summed E-state index contributed by atoms with van der Waals surface area (Å²) in [7, 11) is 6.37. The standard InChI is InChI=1S/C39H43NO9/c1-6-20-47-37-26(13-11-19-40(42)39(41)27-12-10-16-31(22-27)48-30-14-8-7-9-15-30)21-28(23-34(37)43-2)32-17-18-33(49-32)29-24-35(44-3)38(46-5)36(25-29)45-4/h7-12,14-16,19,21-25,32-33,42H,6,13,17-18,20H2,1-5H3. The molecule has 0 bridgehead atoms. The fourth-order valence-corrected chi connectivity index (χ4v) is 5.75. The molecule has 1 fully saturated rings. The Kier molecular flexibility index (Phi) is 12.0. The first-order valence-electron chi connectivity index (χ1n) is 16.2. The van der Waals surface area contributed by atoms with Crippen LogP contribution < -0.4 is 28.4 Å². The number of hydrogen-bond donors (Lipinski definition) is 1. The van der Waals surface area contributed by atoms with E-state index in [1.165, 1.54) is 6.20 Å². The number of allylic oxidation sites excluding steroid dienone is 1. The van der Waals surface area contributed by atoms with Gasteiger partial charge in [-0.2, -0.15) is 5.06 Å². The second-order valence-corrected chi connectivity index (χ2v) is 11.4. The molecule has 1 aliphatic rings. The van der Waals surface area contributed by atoms with Gasteiger partial charge in [0.15, 0.2) is 23.0 Å². The van der Waals surface area contributed by atoms with E-state index in [2.05, 4.69) is 0 Å². The van der Waals surface area contributed by atoms with Gasteiger partial charge < -0.3 is 33.2 Å². The molecule has 0 aromatic heterocycles. The number of para-hydroxylation sites is 1. The Morgan fingerprint density at radius 1 is 0.796 bits per heavy atom. The Balaban J connectivity index is 1.33. The van der Waals surface area contributed by atoms with Crippen LogP contribution >= 0.6 is 0 Å². The van der Waals surface area contributed by atoms with Gasteiger partial charge in [0, 0.05) is 17.3 Å². The molecule has 4 aromatic carbocycles. The number of hydrogen-bond acceptors (Lipinski definition) is 9. The highest BCUT2D eigenvalue weighted by Crippen LogP contribution is 2.47. The third kappa shape index (κ3) is 8.46. The topological polar surface area (TPSA) is 105 Å². The van der Waals surface area contributed by atoms with Crippen LogP contribution in [0.2, 0.25) is 0 Å². The van der Waals surface area contributed by atoms with Crippen LogP contribution in [0.15, 0.2) is 91.1 Å². The SMILES string of the molecule is CCCOc1c(CC=CN(O)C(=O)c2cccc(Oc3ccccc3)c2)cc(C2CCC(c3cc(OC)c(OC)c(OC)c3)O2)cc1OC. The molecule has 0 spiro atoms. The van der Waals surface area contributed by atoms with Crippen LogP contribution in [0.25, 0.3) is 0 Å². The van der Waals surface area contributed by atoms with Gasteiger partial charge in [-0.3, -0.25) is 10.0 Å². The van der Waals surface area contributed by atoms with E-state index < -0.39 is 5.91 Å². The van der Waals surface area contributed by atoms with Gasteiger partial charge in [0.25, 0.3) is 5.91 Å². The molecule has 1 N–H and O–H groups in total. The quantitative estimate of drug-likeness (QED) is 0.0986. The second-order valence-electron chi connectivity index (χ2n) is 11.4. The number of nitrogens with zero attached hydrogens (tertiary/aromatic N) is 1. The molecule has 1 amide bonds. The van der Waals surface area contributed by atoms with Crippen LogP contribution in [-0.2, 0) is 11.2 Å². The Hall–Kier alpha value is -5.19. The van der Waals surface area contributed by atoms with Crippen molar-refractivity contribution in [1.82, 2.24) is 5.06 Å². The van der Waals surface area contributed by atoms with Crippen LogP contribution in [0.1, 0.15) is 65.4 Å².